The summed E-state index contributed by atoms with van der Waals surface area (Å²) >= 11 is 0. The number of aryl methyl sites for hydroxylation is 1. The summed E-state index contributed by atoms with van der Waals surface area (Å²) in [6.45, 7) is 2.27. The summed E-state index contributed by atoms with van der Waals surface area (Å²) < 4.78 is 0. The number of rotatable bonds is 3. The standard InChI is InChI=1S/C36H26/c1-2-24-14-9-17-33-34(29-20-18-25-10-3-5-12-27(25)22-29)31-15-7-8-16-32(31)36(35(24)33)30-21-19-26-11-4-6-13-28(26)23-30/h3-23H,2H2,1H3. The maximum Gasteiger partial charge on any atom is -0.00234 e. The second kappa shape index (κ2) is 8.36. The van der Waals surface area contributed by atoms with Crippen LogP contribution in [0.1, 0.15) is 12.5 Å². The van der Waals surface area contributed by atoms with Gasteiger partial charge in [-0.1, -0.05) is 122 Å². The number of benzene rings is 7. The third-order valence-corrected chi connectivity index (χ3v) is 7.59. The highest BCUT2D eigenvalue weighted by Crippen LogP contribution is 2.45. The van der Waals surface area contributed by atoms with E-state index in [0.717, 1.165) is 6.42 Å². The molecule has 0 saturated carbocycles. The van der Waals surface area contributed by atoms with Crippen LogP contribution in [0, 0.1) is 0 Å². The fourth-order valence-electron chi connectivity index (χ4n) is 5.90. The Hall–Kier alpha value is -4.42. The van der Waals surface area contributed by atoms with Crippen LogP contribution in [0.15, 0.2) is 127 Å². The quantitative estimate of drug-likeness (QED) is 0.231. The molecular formula is C36H26. The zero-order valence-electron chi connectivity index (χ0n) is 20.3. The van der Waals surface area contributed by atoms with Gasteiger partial charge in [0.15, 0.2) is 0 Å². The van der Waals surface area contributed by atoms with E-state index in [-0.39, 0.29) is 0 Å². The van der Waals surface area contributed by atoms with Crippen LogP contribution < -0.4 is 0 Å². The molecule has 0 aromatic heterocycles. The third kappa shape index (κ3) is 3.22. The molecule has 0 unspecified atom stereocenters. The lowest BCUT2D eigenvalue weighted by Crippen LogP contribution is -1.94. The van der Waals surface area contributed by atoms with Crippen molar-refractivity contribution in [1.82, 2.24) is 0 Å². The molecular weight excluding hydrogens is 432 g/mol. The highest BCUT2D eigenvalue weighted by molar-refractivity contribution is 6.22. The van der Waals surface area contributed by atoms with Gasteiger partial charge in [0.25, 0.3) is 0 Å². The van der Waals surface area contributed by atoms with E-state index in [1.807, 2.05) is 0 Å². The Labute approximate surface area is 211 Å². The molecule has 0 atom stereocenters. The van der Waals surface area contributed by atoms with E-state index in [1.165, 1.54) is 70.9 Å². The minimum atomic E-state index is 0.993. The van der Waals surface area contributed by atoms with Crippen molar-refractivity contribution in [2.24, 2.45) is 0 Å². The summed E-state index contributed by atoms with van der Waals surface area (Å²) in [5.74, 6) is 0. The van der Waals surface area contributed by atoms with Crippen LogP contribution in [-0.4, -0.2) is 0 Å². The van der Waals surface area contributed by atoms with Crippen LogP contribution in [-0.2, 0) is 6.42 Å². The van der Waals surface area contributed by atoms with Crippen molar-refractivity contribution in [2.45, 2.75) is 13.3 Å². The lowest BCUT2D eigenvalue weighted by Gasteiger charge is -2.20. The van der Waals surface area contributed by atoms with Crippen molar-refractivity contribution in [2.75, 3.05) is 0 Å². The molecule has 7 aromatic carbocycles. The van der Waals surface area contributed by atoms with Crippen LogP contribution in [0.5, 0.6) is 0 Å². The molecule has 0 fully saturated rings. The molecule has 0 aliphatic carbocycles. The Morgan fingerprint density at radius 1 is 0.417 bits per heavy atom. The van der Waals surface area contributed by atoms with Crippen molar-refractivity contribution in [3.63, 3.8) is 0 Å². The van der Waals surface area contributed by atoms with E-state index in [4.69, 9.17) is 0 Å². The molecule has 0 aliphatic heterocycles. The zero-order valence-corrected chi connectivity index (χ0v) is 20.3. The first-order valence-corrected chi connectivity index (χ1v) is 12.8. The normalized spacial score (nSPS) is 11.6. The first-order chi connectivity index (χ1) is 17.8. The SMILES string of the molecule is CCc1cccc2c(-c3ccc4ccccc4c3)c3ccccc3c(-c3ccc4ccccc4c3)c12. The van der Waals surface area contributed by atoms with Gasteiger partial charge in [0.2, 0.25) is 0 Å². The largest absolute Gasteiger partial charge is 0.0616 e. The second-order valence-electron chi connectivity index (χ2n) is 9.61. The Morgan fingerprint density at radius 2 is 0.917 bits per heavy atom. The fourth-order valence-corrected chi connectivity index (χ4v) is 5.90. The Kier molecular flexibility index (Phi) is 4.85. The van der Waals surface area contributed by atoms with E-state index in [9.17, 15) is 0 Å². The average molecular weight is 459 g/mol. The van der Waals surface area contributed by atoms with Gasteiger partial charge < -0.3 is 0 Å². The van der Waals surface area contributed by atoms with Crippen molar-refractivity contribution >= 4 is 43.1 Å². The Bertz CT molecular complexity index is 1920. The van der Waals surface area contributed by atoms with Gasteiger partial charge in [0, 0.05) is 0 Å². The Balaban J connectivity index is 1.65. The summed E-state index contributed by atoms with van der Waals surface area (Å²) in [7, 11) is 0. The smallest absolute Gasteiger partial charge is 0.00234 e. The number of hydrogen-bond donors (Lipinski definition) is 0. The van der Waals surface area contributed by atoms with Gasteiger partial charge in [0.05, 0.1) is 0 Å². The first-order valence-electron chi connectivity index (χ1n) is 12.8. The molecule has 0 saturated heterocycles. The predicted octanol–water partition coefficient (Wildman–Crippen LogP) is 10.2. The van der Waals surface area contributed by atoms with Crippen LogP contribution in [0.4, 0.5) is 0 Å². The molecule has 0 nitrogen and oxygen atoms in total. The minimum absolute atomic E-state index is 0.993. The molecule has 0 bridgehead atoms. The molecule has 0 amide bonds. The highest BCUT2D eigenvalue weighted by atomic mass is 14.2. The van der Waals surface area contributed by atoms with Crippen LogP contribution in [0.3, 0.4) is 0 Å². The maximum atomic E-state index is 2.36. The third-order valence-electron chi connectivity index (χ3n) is 7.59. The van der Waals surface area contributed by atoms with E-state index in [1.54, 1.807) is 0 Å². The monoisotopic (exact) mass is 458 g/mol. The summed E-state index contributed by atoms with van der Waals surface area (Å²) in [5, 5.41) is 10.4. The summed E-state index contributed by atoms with van der Waals surface area (Å²) in [4.78, 5) is 0. The topological polar surface area (TPSA) is 0 Å². The van der Waals surface area contributed by atoms with Crippen molar-refractivity contribution in [1.29, 1.82) is 0 Å². The summed E-state index contributed by atoms with van der Waals surface area (Å²) in [6, 6.07) is 46.9. The molecule has 36 heavy (non-hydrogen) atoms. The van der Waals surface area contributed by atoms with Gasteiger partial charge in [0.1, 0.15) is 0 Å². The summed E-state index contributed by atoms with van der Waals surface area (Å²) in [5.41, 5.74) is 6.61. The van der Waals surface area contributed by atoms with Crippen molar-refractivity contribution < 1.29 is 0 Å². The van der Waals surface area contributed by atoms with Gasteiger partial charge in [-0.2, -0.15) is 0 Å². The fraction of sp³-hybridized carbons (Fsp3) is 0.0556. The van der Waals surface area contributed by atoms with E-state index < -0.39 is 0 Å². The molecule has 0 radical (unpaired) electrons. The first kappa shape index (κ1) is 20.9. The van der Waals surface area contributed by atoms with Gasteiger partial charge in [-0.15, -0.1) is 0 Å². The van der Waals surface area contributed by atoms with Gasteiger partial charge in [-0.3, -0.25) is 0 Å². The lowest BCUT2D eigenvalue weighted by atomic mass is 9.83. The lowest BCUT2D eigenvalue weighted by molar-refractivity contribution is 1.16. The van der Waals surface area contributed by atoms with Crippen molar-refractivity contribution in [3.05, 3.63) is 133 Å². The summed E-state index contributed by atoms with van der Waals surface area (Å²) in [6.07, 6.45) is 0.993. The molecule has 0 aliphatic rings. The van der Waals surface area contributed by atoms with Gasteiger partial charge >= 0.3 is 0 Å². The van der Waals surface area contributed by atoms with E-state index in [2.05, 4.69) is 134 Å². The van der Waals surface area contributed by atoms with Crippen LogP contribution in [0.25, 0.3) is 65.3 Å². The Morgan fingerprint density at radius 3 is 1.53 bits per heavy atom. The van der Waals surface area contributed by atoms with E-state index >= 15 is 0 Å². The number of fused-ring (bicyclic) bond motifs is 4. The number of hydrogen-bond acceptors (Lipinski definition) is 0. The molecule has 0 heterocycles. The van der Waals surface area contributed by atoms with Gasteiger partial charge in [-0.25, -0.2) is 0 Å². The van der Waals surface area contributed by atoms with Crippen LogP contribution in [0.2, 0.25) is 0 Å². The minimum Gasteiger partial charge on any atom is -0.0616 e. The maximum absolute atomic E-state index is 2.36. The second-order valence-corrected chi connectivity index (χ2v) is 9.61. The zero-order chi connectivity index (χ0) is 24.1. The molecule has 0 heteroatoms. The predicted molar refractivity (Wildman–Crippen MR) is 157 cm³/mol. The van der Waals surface area contributed by atoms with Crippen molar-refractivity contribution in [3.8, 4) is 22.3 Å². The highest BCUT2D eigenvalue weighted by Gasteiger charge is 2.18. The molecule has 7 rings (SSSR count). The molecule has 0 spiro atoms. The molecule has 7 aromatic rings. The van der Waals surface area contributed by atoms with Gasteiger partial charge in [-0.05, 0) is 89.5 Å². The van der Waals surface area contributed by atoms with Crippen LogP contribution >= 0.6 is 0 Å². The van der Waals surface area contributed by atoms with E-state index in [0.29, 0.717) is 0 Å². The molecule has 170 valence electrons. The average Bonchev–Trinajstić information content (AvgIpc) is 2.95. The molecule has 0 N–H and O–H groups in total.